The van der Waals surface area contributed by atoms with Crippen LogP contribution in [-0.2, 0) is 4.79 Å². The number of nitrogens with one attached hydrogen (secondary N) is 1. The molecule has 26 heavy (non-hydrogen) atoms. The van der Waals surface area contributed by atoms with Crippen LogP contribution in [0.2, 0.25) is 10.0 Å². The number of rotatable bonds is 3. The quantitative estimate of drug-likeness (QED) is 0.862. The maximum absolute atomic E-state index is 12.6. The van der Waals surface area contributed by atoms with Crippen LogP contribution in [0.4, 0.5) is 11.4 Å². The minimum absolute atomic E-state index is 0.0867. The summed E-state index contributed by atoms with van der Waals surface area (Å²) in [6.45, 7) is 4.35. The number of carbonyl (C=O) groups is 2. The third-order valence-corrected chi connectivity index (χ3v) is 4.94. The first-order valence-corrected chi connectivity index (χ1v) is 9.07. The Morgan fingerprint density at radius 1 is 1.00 bits per heavy atom. The van der Waals surface area contributed by atoms with Crippen LogP contribution >= 0.6 is 23.2 Å². The van der Waals surface area contributed by atoms with E-state index in [1.54, 1.807) is 25.1 Å². The molecular formula is C19H19Cl2N3O2. The molecule has 0 unspecified atom stereocenters. The molecule has 2 aromatic rings. The first kappa shape index (κ1) is 18.5. The Balaban J connectivity index is 1.77. The summed E-state index contributed by atoms with van der Waals surface area (Å²) in [5.41, 5.74) is 2.00. The summed E-state index contributed by atoms with van der Waals surface area (Å²) in [5, 5.41) is 3.72. The zero-order valence-corrected chi connectivity index (χ0v) is 15.8. The van der Waals surface area contributed by atoms with Crippen LogP contribution in [-0.4, -0.2) is 42.9 Å². The molecule has 7 heteroatoms. The van der Waals surface area contributed by atoms with E-state index in [4.69, 9.17) is 23.2 Å². The zero-order chi connectivity index (χ0) is 18.7. The Kier molecular flexibility index (Phi) is 5.69. The first-order valence-electron chi connectivity index (χ1n) is 8.31. The van der Waals surface area contributed by atoms with Crippen molar-refractivity contribution in [2.75, 3.05) is 36.4 Å². The Morgan fingerprint density at radius 2 is 1.69 bits per heavy atom. The van der Waals surface area contributed by atoms with E-state index in [2.05, 4.69) is 10.2 Å². The van der Waals surface area contributed by atoms with Gasteiger partial charge in [-0.25, -0.2) is 0 Å². The van der Waals surface area contributed by atoms with Crippen LogP contribution in [0.15, 0.2) is 42.5 Å². The number of anilines is 2. The van der Waals surface area contributed by atoms with Gasteiger partial charge >= 0.3 is 0 Å². The minimum Gasteiger partial charge on any atom is -0.366 e. The molecule has 1 fully saturated rings. The molecule has 0 atom stereocenters. The maximum atomic E-state index is 12.6. The van der Waals surface area contributed by atoms with Crippen molar-refractivity contribution in [2.24, 2.45) is 0 Å². The van der Waals surface area contributed by atoms with Gasteiger partial charge in [-0.1, -0.05) is 35.3 Å². The molecule has 1 saturated heterocycles. The average Bonchev–Trinajstić information content (AvgIpc) is 2.62. The van der Waals surface area contributed by atoms with E-state index in [9.17, 15) is 9.59 Å². The summed E-state index contributed by atoms with van der Waals surface area (Å²) in [7, 11) is 0. The van der Waals surface area contributed by atoms with Crippen LogP contribution < -0.4 is 10.2 Å². The smallest absolute Gasteiger partial charge is 0.257 e. The van der Waals surface area contributed by atoms with Gasteiger partial charge in [0, 0.05) is 38.1 Å². The number of hydrogen-bond acceptors (Lipinski definition) is 3. The number of nitrogens with zero attached hydrogens (tertiary/aromatic N) is 2. The first-order chi connectivity index (χ1) is 12.5. The molecule has 5 nitrogen and oxygen atoms in total. The number of benzene rings is 2. The van der Waals surface area contributed by atoms with Crippen molar-refractivity contribution in [1.29, 1.82) is 0 Å². The molecular weight excluding hydrogens is 373 g/mol. The summed E-state index contributed by atoms with van der Waals surface area (Å²) in [6.07, 6.45) is 0. The fraction of sp³-hybridized carbons (Fsp3) is 0.263. The van der Waals surface area contributed by atoms with Gasteiger partial charge in [0.25, 0.3) is 5.91 Å². The summed E-state index contributed by atoms with van der Waals surface area (Å²) in [6, 6.07) is 12.4. The molecule has 3 rings (SSSR count). The van der Waals surface area contributed by atoms with Gasteiger partial charge < -0.3 is 15.1 Å². The van der Waals surface area contributed by atoms with Gasteiger partial charge in [0.05, 0.1) is 22.0 Å². The largest absolute Gasteiger partial charge is 0.366 e. The third-order valence-electron chi connectivity index (χ3n) is 4.39. The Morgan fingerprint density at radius 3 is 2.35 bits per heavy atom. The van der Waals surface area contributed by atoms with Crippen molar-refractivity contribution in [3.63, 3.8) is 0 Å². The number of carbonyl (C=O) groups excluding carboxylic acids is 2. The third kappa shape index (κ3) is 4.11. The van der Waals surface area contributed by atoms with E-state index in [0.717, 1.165) is 5.69 Å². The Labute approximate surface area is 162 Å². The van der Waals surface area contributed by atoms with Gasteiger partial charge in [-0.05, 0) is 30.3 Å². The van der Waals surface area contributed by atoms with Crippen LogP contribution in [0.25, 0.3) is 0 Å². The molecule has 0 spiro atoms. The van der Waals surface area contributed by atoms with Crippen LogP contribution in [0.5, 0.6) is 0 Å². The molecule has 0 aliphatic carbocycles. The van der Waals surface area contributed by atoms with Crippen molar-refractivity contribution in [2.45, 2.75) is 6.92 Å². The molecule has 1 heterocycles. The molecule has 2 aromatic carbocycles. The van der Waals surface area contributed by atoms with Gasteiger partial charge in [0.1, 0.15) is 0 Å². The Bertz CT molecular complexity index is 833. The fourth-order valence-corrected chi connectivity index (χ4v) is 3.47. The standard InChI is InChI=1S/C19H19Cl2N3O2/c1-13(25)23-8-10-24(11-9-23)18-5-3-2-4-17(18)22-19(26)15-7-6-14(20)12-16(15)21/h2-7,12H,8-11H2,1H3,(H,22,26). The van der Waals surface area contributed by atoms with Gasteiger partial charge in [-0.2, -0.15) is 0 Å². The lowest BCUT2D eigenvalue weighted by Gasteiger charge is -2.36. The van der Waals surface area contributed by atoms with E-state index in [0.29, 0.717) is 47.5 Å². The molecule has 1 aliphatic heterocycles. The molecule has 1 aliphatic rings. The van der Waals surface area contributed by atoms with Gasteiger partial charge in [0.2, 0.25) is 5.91 Å². The lowest BCUT2D eigenvalue weighted by Crippen LogP contribution is -2.48. The normalized spacial score (nSPS) is 14.3. The van der Waals surface area contributed by atoms with E-state index in [1.165, 1.54) is 0 Å². The number of hydrogen-bond donors (Lipinski definition) is 1. The summed E-state index contributed by atoms with van der Waals surface area (Å²) < 4.78 is 0. The average molecular weight is 392 g/mol. The minimum atomic E-state index is -0.290. The van der Waals surface area contributed by atoms with E-state index < -0.39 is 0 Å². The highest BCUT2D eigenvalue weighted by Gasteiger charge is 2.21. The highest BCUT2D eigenvalue weighted by Crippen LogP contribution is 2.28. The molecule has 1 N–H and O–H groups in total. The van der Waals surface area contributed by atoms with Crippen LogP contribution in [0, 0.1) is 0 Å². The van der Waals surface area contributed by atoms with E-state index in [-0.39, 0.29) is 11.8 Å². The number of piperazine rings is 1. The molecule has 0 radical (unpaired) electrons. The number of para-hydroxylation sites is 2. The molecule has 136 valence electrons. The number of halogens is 2. The lowest BCUT2D eigenvalue weighted by atomic mass is 10.1. The summed E-state index contributed by atoms with van der Waals surface area (Å²) in [4.78, 5) is 28.1. The fourth-order valence-electron chi connectivity index (χ4n) is 2.98. The Hall–Kier alpha value is -2.24. The maximum Gasteiger partial charge on any atom is 0.257 e. The highest BCUT2D eigenvalue weighted by molar-refractivity contribution is 6.37. The SMILES string of the molecule is CC(=O)N1CCN(c2ccccc2NC(=O)c2ccc(Cl)cc2Cl)CC1. The second kappa shape index (κ2) is 7.98. The zero-order valence-electron chi connectivity index (χ0n) is 14.3. The highest BCUT2D eigenvalue weighted by atomic mass is 35.5. The molecule has 2 amide bonds. The van der Waals surface area contributed by atoms with E-state index >= 15 is 0 Å². The second-order valence-electron chi connectivity index (χ2n) is 6.09. The summed E-state index contributed by atoms with van der Waals surface area (Å²) >= 11 is 12.0. The van der Waals surface area contributed by atoms with Crippen molar-refractivity contribution in [1.82, 2.24) is 4.90 Å². The molecule has 0 aromatic heterocycles. The van der Waals surface area contributed by atoms with Gasteiger partial charge in [-0.15, -0.1) is 0 Å². The second-order valence-corrected chi connectivity index (χ2v) is 6.93. The predicted molar refractivity (Wildman–Crippen MR) is 105 cm³/mol. The monoisotopic (exact) mass is 391 g/mol. The topological polar surface area (TPSA) is 52.7 Å². The van der Waals surface area contributed by atoms with Crippen molar-refractivity contribution < 1.29 is 9.59 Å². The van der Waals surface area contributed by atoms with E-state index in [1.807, 2.05) is 29.2 Å². The number of amides is 2. The lowest BCUT2D eigenvalue weighted by molar-refractivity contribution is -0.129. The van der Waals surface area contributed by atoms with Crippen LogP contribution in [0.1, 0.15) is 17.3 Å². The van der Waals surface area contributed by atoms with Crippen molar-refractivity contribution in [3.05, 3.63) is 58.1 Å². The van der Waals surface area contributed by atoms with Gasteiger partial charge in [-0.3, -0.25) is 9.59 Å². The van der Waals surface area contributed by atoms with Gasteiger partial charge in [0.15, 0.2) is 0 Å². The van der Waals surface area contributed by atoms with Crippen molar-refractivity contribution in [3.8, 4) is 0 Å². The van der Waals surface area contributed by atoms with Crippen molar-refractivity contribution >= 4 is 46.4 Å². The molecule has 0 saturated carbocycles. The summed E-state index contributed by atoms with van der Waals surface area (Å²) in [5.74, 6) is -0.204. The predicted octanol–water partition coefficient (Wildman–Crippen LogP) is 3.91. The van der Waals surface area contributed by atoms with Crippen LogP contribution in [0.3, 0.4) is 0 Å². The molecule has 0 bridgehead atoms.